The number of hydrogen-bond acceptors (Lipinski definition) is 3. The van der Waals surface area contributed by atoms with Crippen molar-refractivity contribution < 1.29 is 9.18 Å². The molecule has 0 radical (unpaired) electrons. The summed E-state index contributed by atoms with van der Waals surface area (Å²) in [4.78, 5) is 26.9. The van der Waals surface area contributed by atoms with E-state index in [-0.39, 0.29) is 18.0 Å². The molecule has 0 aliphatic heterocycles. The van der Waals surface area contributed by atoms with Gasteiger partial charge in [0.15, 0.2) is 0 Å². The molecular formula is C17H22FN3O2. The fraction of sp³-hybridized carbons (Fsp3) is 0.412. The van der Waals surface area contributed by atoms with E-state index in [2.05, 4.69) is 10.3 Å². The highest BCUT2D eigenvalue weighted by Crippen LogP contribution is 2.19. The van der Waals surface area contributed by atoms with Gasteiger partial charge in [-0.1, -0.05) is 13.8 Å². The minimum Gasteiger partial charge on any atom is -0.346 e. The van der Waals surface area contributed by atoms with Crippen LogP contribution < -0.4 is 16.6 Å². The molecule has 1 heterocycles. The first kappa shape index (κ1) is 17.1. The van der Waals surface area contributed by atoms with Crippen LogP contribution in [0.3, 0.4) is 0 Å². The zero-order valence-corrected chi connectivity index (χ0v) is 13.6. The average molecular weight is 319 g/mol. The number of nitrogens with one attached hydrogen (secondary N) is 2. The number of carbonyl (C=O) groups excluding carboxylic acids is 1. The molecule has 2 rings (SSSR count). The third-order valence-corrected chi connectivity index (χ3v) is 3.77. The number of fused-ring (bicyclic) bond motifs is 1. The van der Waals surface area contributed by atoms with Gasteiger partial charge >= 0.3 is 0 Å². The molecule has 0 bridgehead atoms. The highest BCUT2D eigenvalue weighted by molar-refractivity contribution is 6.06. The second-order valence-electron chi connectivity index (χ2n) is 6.55. The SMILES string of the molecule is CC(C)CC(C)(CN)NC(=O)c1cc(=O)[nH]c2cc(F)ccc12. The summed E-state index contributed by atoms with van der Waals surface area (Å²) in [7, 11) is 0. The van der Waals surface area contributed by atoms with Gasteiger partial charge in [0.25, 0.3) is 5.91 Å². The monoisotopic (exact) mass is 319 g/mol. The van der Waals surface area contributed by atoms with E-state index in [0.717, 1.165) is 0 Å². The first-order valence-corrected chi connectivity index (χ1v) is 7.59. The van der Waals surface area contributed by atoms with Crippen LogP contribution in [0.5, 0.6) is 0 Å². The Kier molecular flexibility index (Phi) is 4.85. The number of amides is 1. The molecule has 1 aromatic carbocycles. The van der Waals surface area contributed by atoms with Crippen LogP contribution in [0, 0.1) is 11.7 Å². The maximum atomic E-state index is 13.3. The molecule has 0 spiro atoms. The third kappa shape index (κ3) is 3.96. The van der Waals surface area contributed by atoms with Crippen LogP contribution in [0.4, 0.5) is 4.39 Å². The molecule has 1 atom stereocenters. The zero-order chi connectivity index (χ0) is 17.2. The van der Waals surface area contributed by atoms with E-state index < -0.39 is 16.9 Å². The summed E-state index contributed by atoms with van der Waals surface area (Å²) in [5.74, 6) is -0.507. The van der Waals surface area contributed by atoms with Crippen LogP contribution in [0.2, 0.25) is 0 Å². The molecule has 1 aromatic heterocycles. The predicted molar refractivity (Wildman–Crippen MR) is 88.9 cm³/mol. The van der Waals surface area contributed by atoms with Gasteiger partial charge in [-0.25, -0.2) is 4.39 Å². The number of benzene rings is 1. The Morgan fingerprint density at radius 1 is 1.39 bits per heavy atom. The van der Waals surface area contributed by atoms with Gasteiger partial charge < -0.3 is 16.0 Å². The summed E-state index contributed by atoms with van der Waals surface area (Å²) in [6.45, 7) is 6.25. The Morgan fingerprint density at radius 2 is 2.09 bits per heavy atom. The standard InChI is InChI=1S/C17H22FN3O2/c1-10(2)8-17(3,9-19)21-16(23)13-7-15(22)20-14-6-11(18)4-5-12(13)14/h4-7,10H,8-9,19H2,1-3H3,(H,20,22)(H,21,23). The van der Waals surface area contributed by atoms with E-state index >= 15 is 0 Å². The molecule has 5 nitrogen and oxygen atoms in total. The van der Waals surface area contributed by atoms with Crippen molar-refractivity contribution in [2.45, 2.75) is 32.7 Å². The average Bonchev–Trinajstić information content (AvgIpc) is 2.44. The lowest BCUT2D eigenvalue weighted by Gasteiger charge is -2.31. The van der Waals surface area contributed by atoms with E-state index in [0.29, 0.717) is 23.2 Å². The van der Waals surface area contributed by atoms with Crippen molar-refractivity contribution >= 4 is 16.8 Å². The number of rotatable bonds is 5. The van der Waals surface area contributed by atoms with E-state index in [4.69, 9.17) is 5.73 Å². The lowest BCUT2D eigenvalue weighted by Crippen LogP contribution is -2.52. The van der Waals surface area contributed by atoms with Crippen molar-refractivity contribution in [2.75, 3.05) is 6.54 Å². The fourth-order valence-corrected chi connectivity index (χ4v) is 2.85. The first-order chi connectivity index (χ1) is 10.7. The number of aromatic amines is 1. The zero-order valence-electron chi connectivity index (χ0n) is 13.6. The van der Waals surface area contributed by atoms with Crippen LogP contribution in [0.1, 0.15) is 37.6 Å². The number of H-pyrrole nitrogens is 1. The Labute approximate surface area is 134 Å². The highest BCUT2D eigenvalue weighted by Gasteiger charge is 2.27. The molecule has 0 saturated carbocycles. The van der Waals surface area contributed by atoms with Gasteiger partial charge in [-0.05, 0) is 37.5 Å². The second-order valence-corrected chi connectivity index (χ2v) is 6.55. The lowest BCUT2D eigenvalue weighted by atomic mass is 9.90. The van der Waals surface area contributed by atoms with Crippen LogP contribution in [0.25, 0.3) is 10.9 Å². The molecule has 124 valence electrons. The summed E-state index contributed by atoms with van der Waals surface area (Å²) < 4.78 is 13.3. The van der Waals surface area contributed by atoms with Crippen molar-refractivity contribution in [3.63, 3.8) is 0 Å². The van der Waals surface area contributed by atoms with Crippen LogP contribution in [-0.4, -0.2) is 23.0 Å². The maximum Gasteiger partial charge on any atom is 0.252 e. The fourth-order valence-electron chi connectivity index (χ4n) is 2.85. The smallest absolute Gasteiger partial charge is 0.252 e. The summed E-state index contributed by atoms with van der Waals surface area (Å²) in [6, 6.07) is 5.16. The van der Waals surface area contributed by atoms with Gasteiger partial charge in [-0.15, -0.1) is 0 Å². The normalized spacial score (nSPS) is 14.0. The van der Waals surface area contributed by atoms with E-state index in [9.17, 15) is 14.0 Å². The highest BCUT2D eigenvalue weighted by atomic mass is 19.1. The Balaban J connectivity index is 2.43. The minimum atomic E-state index is -0.569. The van der Waals surface area contributed by atoms with Crippen LogP contribution >= 0.6 is 0 Å². The number of nitrogens with two attached hydrogens (primary N) is 1. The van der Waals surface area contributed by atoms with Gasteiger partial charge in [-0.2, -0.15) is 0 Å². The minimum absolute atomic E-state index is 0.215. The molecule has 6 heteroatoms. The molecule has 23 heavy (non-hydrogen) atoms. The molecule has 0 fully saturated rings. The van der Waals surface area contributed by atoms with E-state index in [1.165, 1.54) is 24.3 Å². The number of carbonyl (C=O) groups is 1. The lowest BCUT2D eigenvalue weighted by molar-refractivity contribution is 0.0900. The van der Waals surface area contributed by atoms with Gasteiger partial charge in [0.2, 0.25) is 5.56 Å². The number of hydrogen-bond donors (Lipinski definition) is 3. The number of halogens is 1. The van der Waals surface area contributed by atoms with Gasteiger partial charge in [0.1, 0.15) is 5.82 Å². The predicted octanol–water partition coefficient (Wildman–Crippen LogP) is 2.16. The largest absolute Gasteiger partial charge is 0.346 e. The van der Waals surface area contributed by atoms with Gasteiger partial charge in [0, 0.05) is 23.5 Å². The summed E-state index contributed by atoms with van der Waals surface area (Å²) in [6.07, 6.45) is 0.713. The topological polar surface area (TPSA) is 88.0 Å². The number of aromatic nitrogens is 1. The van der Waals surface area contributed by atoms with Gasteiger partial charge in [-0.3, -0.25) is 9.59 Å². The molecule has 1 amide bonds. The van der Waals surface area contributed by atoms with Crippen molar-refractivity contribution in [3.8, 4) is 0 Å². The summed E-state index contributed by atoms with van der Waals surface area (Å²) in [5.41, 5.74) is 5.30. The van der Waals surface area contributed by atoms with Crippen molar-refractivity contribution in [3.05, 3.63) is 46.0 Å². The van der Waals surface area contributed by atoms with Crippen molar-refractivity contribution in [1.82, 2.24) is 10.3 Å². The molecular weight excluding hydrogens is 297 g/mol. The number of pyridine rings is 1. The molecule has 2 aromatic rings. The van der Waals surface area contributed by atoms with E-state index in [1.807, 2.05) is 20.8 Å². The first-order valence-electron chi connectivity index (χ1n) is 7.59. The Hall–Kier alpha value is -2.21. The molecule has 0 aliphatic rings. The third-order valence-electron chi connectivity index (χ3n) is 3.77. The summed E-state index contributed by atoms with van der Waals surface area (Å²) >= 11 is 0. The van der Waals surface area contributed by atoms with Crippen molar-refractivity contribution in [2.24, 2.45) is 11.7 Å². The summed E-state index contributed by atoms with van der Waals surface area (Å²) in [5, 5.41) is 3.41. The van der Waals surface area contributed by atoms with Crippen LogP contribution in [-0.2, 0) is 0 Å². The quantitative estimate of drug-likeness (QED) is 0.789. The van der Waals surface area contributed by atoms with E-state index in [1.54, 1.807) is 0 Å². The molecule has 0 saturated heterocycles. The van der Waals surface area contributed by atoms with Gasteiger partial charge in [0.05, 0.1) is 11.1 Å². The molecule has 4 N–H and O–H groups in total. The Bertz CT molecular complexity index is 785. The molecule has 1 unspecified atom stereocenters. The molecule has 0 aliphatic carbocycles. The maximum absolute atomic E-state index is 13.3. The van der Waals surface area contributed by atoms with Crippen LogP contribution in [0.15, 0.2) is 29.1 Å². The second kappa shape index (κ2) is 6.50. The Morgan fingerprint density at radius 3 is 2.70 bits per heavy atom. The van der Waals surface area contributed by atoms with Crippen molar-refractivity contribution in [1.29, 1.82) is 0 Å².